The predicted molar refractivity (Wildman–Crippen MR) is 65.4 cm³/mol. The van der Waals surface area contributed by atoms with Crippen molar-refractivity contribution in [3.05, 3.63) is 23.9 Å². The first-order chi connectivity index (χ1) is 7.85. The van der Waals surface area contributed by atoms with Crippen molar-refractivity contribution in [2.45, 2.75) is 26.4 Å². The van der Waals surface area contributed by atoms with E-state index in [1.807, 2.05) is 6.92 Å². The molecule has 2 N–H and O–H groups in total. The zero-order chi connectivity index (χ0) is 13.1. The molecule has 0 aliphatic heterocycles. The summed E-state index contributed by atoms with van der Waals surface area (Å²) in [6.07, 6.45) is 1.55. The summed E-state index contributed by atoms with van der Waals surface area (Å²) >= 11 is 0. The first-order valence-corrected chi connectivity index (χ1v) is 5.51. The molecule has 1 rings (SSSR count). The van der Waals surface area contributed by atoms with Crippen LogP contribution >= 0.6 is 0 Å². The number of anilines is 1. The minimum absolute atomic E-state index is 0.151. The number of carbonyl (C=O) groups is 1. The van der Waals surface area contributed by atoms with Gasteiger partial charge in [-0.05, 0) is 32.9 Å². The van der Waals surface area contributed by atoms with Gasteiger partial charge in [0.2, 0.25) is 0 Å². The topological polar surface area (TPSA) is 73.7 Å². The lowest BCUT2D eigenvalue weighted by Gasteiger charge is -2.29. The van der Waals surface area contributed by atoms with Crippen LogP contribution in [-0.2, 0) is 0 Å². The number of aromatic carboxylic acids is 1. The average Bonchev–Trinajstić information content (AvgIpc) is 2.24. The van der Waals surface area contributed by atoms with Crippen LogP contribution in [0.1, 0.15) is 31.1 Å². The maximum atomic E-state index is 11.1. The number of aromatic nitrogens is 1. The third kappa shape index (κ3) is 3.71. The fraction of sp³-hybridized carbons (Fsp3) is 0.500. The molecule has 0 bridgehead atoms. The summed E-state index contributed by atoms with van der Waals surface area (Å²) in [6, 6.07) is 3.10. The quantitative estimate of drug-likeness (QED) is 0.810. The molecule has 0 saturated heterocycles. The number of hydrogen-bond donors (Lipinski definition) is 2. The Bertz CT molecular complexity index is 399. The maximum Gasteiger partial charge on any atom is 0.339 e. The maximum absolute atomic E-state index is 11.1. The third-order valence-electron chi connectivity index (χ3n) is 2.28. The van der Waals surface area contributed by atoms with Crippen LogP contribution in [0.25, 0.3) is 0 Å². The highest BCUT2D eigenvalue weighted by Gasteiger charge is 2.22. The molecule has 0 unspecified atom stereocenters. The highest BCUT2D eigenvalue weighted by atomic mass is 16.4. The molecule has 0 aromatic carbocycles. The number of nitrogens with zero attached hydrogens (tertiary/aromatic N) is 2. The van der Waals surface area contributed by atoms with Gasteiger partial charge in [-0.2, -0.15) is 0 Å². The molecular weight excluding hydrogens is 220 g/mol. The van der Waals surface area contributed by atoms with Gasteiger partial charge in [-0.1, -0.05) is 0 Å². The molecule has 94 valence electrons. The Balaban J connectivity index is 3.07. The number of hydrogen-bond acceptors (Lipinski definition) is 4. The predicted octanol–water partition coefficient (Wildman–Crippen LogP) is 1.38. The standard InChI is InChI=1S/C12H18N2O3/c1-4-14(8-12(2,3)17)10-9(11(15)16)6-5-7-13-10/h5-7,17H,4,8H2,1-3H3,(H,15,16). The summed E-state index contributed by atoms with van der Waals surface area (Å²) in [5, 5.41) is 18.9. The summed E-state index contributed by atoms with van der Waals surface area (Å²) in [7, 11) is 0. The highest BCUT2D eigenvalue weighted by Crippen LogP contribution is 2.19. The molecule has 0 amide bonds. The van der Waals surface area contributed by atoms with Crippen molar-refractivity contribution < 1.29 is 15.0 Å². The minimum atomic E-state index is -1.01. The van der Waals surface area contributed by atoms with Gasteiger partial charge in [0.05, 0.1) is 5.60 Å². The minimum Gasteiger partial charge on any atom is -0.478 e. The normalized spacial score (nSPS) is 11.3. The fourth-order valence-corrected chi connectivity index (χ4v) is 1.62. The van der Waals surface area contributed by atoms with Crippen molar-refractivity contribution in [3.8, 4) is 0 Å². The van der Waals surface area contributed by atoms with Gasteiger partial charge in [-0.3, -0.25) is 0 Å². The zero-order valence-corrected chi connectivity index (χ0v) is 10.3. The van der Waals surface area contributed by atoms with Gasteiger partial charge in [-0.25, -0.2) is 9.78 Å². The second-order valence-electron chi connectivity index (χ2n) is 4.51. The van der Waals surface area contributed by atoms with Crippen molar-refractivity contribution >= 4 is 11.8 Å². The van der Waals surface area contributed by atoms with Crippen LogP contribution in [0.2, 0.25) is 0 Å². The molecule has 17 heavy (non-hydrogen) atoms. The van der Waals surface area contributed by atoms with Crippen molar-refractivity contribution in [1.82, 2.24) is 4.98 Å². The lowest BCUT2D eigenvalue weighted by atomic mass is 10.1. The first-order valence-electron chi connectivity index (χ1n) is 5.51. The summed E-state index contributed by atoms with van der Waals surface area (Å²) < 4.78 is 0. The van der Waals surface area contributed by atoms with Gasteiger partial charge in [0.25, 0.3) is 0 Å². The Morgan fingerprint density at radius 3 is 2.65 bits per heavy atom. The lowest BCUT2D eigenvalue weighted by Crippen LogP contribution is -2.39. The smallest absolute Gasteiger partial charge is 0.339 e. The van der Waals surface area contributed by atoms with Crippen LogP contribution in [0.5, 0.6) is 0 Å². The van der Waals surface area contributed by atoms with Gasteiger partial charge in [0.1, 0.15) is 11.4 Å². The molecule has 0 radical (unpaired) electrons. The van der Waals surface area contributed by atoms with E-state index >= 15 is 0 Å². The van der Waals surface area contributed by atoms with E-state index in [0.29, 0.717) is 18.9 Å². The third-order valence-corrected chi connectivity index (χ3v) is 2.28. The average molecular weight is 238 g/mol. The zero-order valence-electron chi connectivity index (χ0n) is 10.3. The molecule has 5 heteroatoms. The van der Waals surface area contributed by atoms with Crippen LogP contribution in [0.4, 0.5) is 5.82 Å². The van der Waals surface area contributed by atoms with E-state index in [2.05, 4.69) is 4.98 Å². The monoisotopic (exact) mass is 238 g/mol. The Morgan fingerprint density at radius 1 is 1.53 bits per heavy atom. The van der Waals surface area contributed by atoms with Crippen LogP contribution in [-0.4, -0.2) is 39.9 Å². The summed E-state index contributed by atoms with van der Waals surface area (Å²) in [6.45, 7) is 6.17. The second-order valence-corrected chi connectivity index (χ2v) is 4.51. The number of rotatable bonds is 5. The number of pyridine rings is 1. The number of likely N-dealkylation sites (N-methyl/N-ethyl adjacent to an activating group) is 1. The van der Waals surface area contributed by atoms with Crippen molar-refractivity contribution in [3.63, 3.8) is 0 Å². The molecule has 0 aliphatic rings. The summed E-state index contributed by atoms with van der Waals surface area (Å²) in [5.74, 6) is -0.619. The van der Waals surface area contributed by atoms with E-state index < -0.39 is 11.6 Å². The molecule has 0 aliphatic carbocycles. The first kappa shape index (κ1) is 13.4. The van der Waals surface area contributed by atoms with Crippen molar-refractivity contribution in [2.75, 3.05) is 18.0 Å². The Hall–Kier alpha value is -1.62. The molecule has 0 saturated carbocycles. The molecular formula is C12H18N2O3. The Labute approximate surface area is 101 Å². The van der Waals surface area contributed by atoms with Gasteiger partial charge >= 0.3 is 5.97 Å². The molecule has 0 atom stereocenters. The summed E-state index contributed by atoms with van der Waals surface area (Å²) in [5.41, 5.74) is -0.748. The van der Waals surface area contributed by atoms with Crippen LogP contribution < -0.4 is 4.90 Å². The van der Waals surface area contributed by atoms with E-state index in [0.717, 1.165) is 0 Å². The largest absolute Gasteiger partial charge is 0.478 e. The van der Waals surface area contributed by atoms with E-state index in [1.165, 1.54) is 6.07 Å². The van der Waals surface area contributed by atoms with Gasteiger partial charge in [-0.15, -0.1) is 0 Å². The summed E-state index contributed by atoms with van der Waals surface area (Å²) in [4.78, 5) is 16.9. The number of aliphatic hydroxyl groups is 1. The molecule has 5 nitrogen and oxygen atoms in total. The van der Waals surface area contributed by atoms with Gasteiger partial charge in [0, 0.05) is 19.3 Å². The van der Waals surface area contributed by atoms with Crippen LogP contribution in [0.15, 0.2) is 18.3 Å². The van der Waals surface area contributed by atoms with E-state index in [1.54, 1.807) is 31.0 Å². The number of carboxylic acids is 1. The van der Waals surface area contributed by atoms with Gasteiger partial charge < -0.3 is 15.1 Å². The fourth-order valence-electron chi connectivity index (χ4n) is 1.62. The SMILES string of the molecule is CCN(CC(C)(C)O)c1ncccc1C(=O)O. The number of carboxylic acid groups (broad SMARTS) is 1. The van der Waals surface area contributed by atoms with Gasteiger partial charge in [0.15, 0.2) is 0 Å². The molecule has 0 fully saturated rings. The molecule has 0 spiro atoms. The lowest BCUT2D eigenvalue weighted by molar-refractivity contribution is 0.0693. The van der Waals surface area contributed by atoms with Crippen molar-refractivity contribution in [2.24, 2.45) is 0 Å². The molecule has 1 heterocycles. The van der Waals surface area contributed by atoms with E-state index in [4.69, 9.17) is 5.11 Å². The molecule has 1 aromatic heterocycles. The van der Waals surface area contributed by atoms with Crippen LogP contribution in [0.3, 0.4) is 0 Å². The second kappa shape index (κ2) is 5.14. The van der Waals surface area contributed by atoms with Crippen molar-refractivity contribution in [1.29, 1.82) is 0 Å². The highest BCUT2D eigenvalue weighted by molar-refractivity contribution is 5.93. The Morgan fingerprint density at radius 2 is 2.18 bits per heavy atom. The van der Waals surface area contributed by atoms with Crippen LogP contribution in [0, 0.1) is 0 Å². The van der Waals surface area contributed by atoms with E-state index in [-0.39, 0.29) is 5.56 Å². The molecule has 1 aromatic rings. The Kier molecular flexibility index (Phi) is 4.07. The van der Waals surface area contributed by atoms with E-state index in [9.17, 15) is 9.90 Å².